The van der Waals surface area contributed by atoms with Crippen molar-refractivity contribution in [3.05, 3.63) is 124 Å². The molecule has 5 aromatic carbocycles. The van der Waals surface area contributed by atoms with E-state index in [2.05, 4.69) is 91.0 Å². The van der Waals surface area contributed by atoms with E-state index in [0.29, 0.717) is 5.46 Å². The van der Waals surface area contributed by atoms with E-state index in [9.17, 15) is 10.0 Å². The molecule has 0 bridgehead atoms. The van der Waals surface area contributed by atoms with Crippen molar-refractivity contribution in [2.45, 2.75) is 18.3 Å². The molecule has 2 N–H and O–H groups in total. The van der Waals surface area contributed by atoms with Crippen LogP contribution in [0.3, 0.4) is 0 Å². The second-order valence-electron chi connectivity index (χ2n) is 10.9. The Balaban J connectivity index is 1.53. The van der Waals surface area contributed by atoms with Crippen LogP contribution in [0.15, 0.2) is 95.4 Å². The maximum atomic E-state index is 10.6. The largest absolute Gasteiger partial charge is 0.489 e. The Morgan fingerprint density at radius 2 is 1.28 bits per heavy atom. The third-order valence-electron chi connectivity index (χ3n) is 9.14. The molecule has 0 amide bonds. The number of benzene rings is 5. The van der Waals surface area contributed by atoms with Crippen molar-refractivity contribution < 1.29 is 14.5 Å². The quantitative estimate of drug-likeness (QED) is 0.312. The van der Waals surface area contributed by atoms with Crippen LogP contribution in [0.5, 0.6) is 0 Å². The van der Waals surface area contributed by atoms with E-state index < -0.39 is 12.5 Å². The average Bonchev–Trinajstić information content (AvgIpc) is 3.60. The first-order valence-electron chi connectivity index (χ1n) is 13.6. The Labute approximate surface area is 225 Å². The molecule has 1 aromatic heterocycles. The number of para-hydroxylation sites is 1. The lowest BCUT2D eigenvalue weighted by Gasteiger charge is -2.31. The van der Waals surface area contributed by atoms with Gasteiger partial charge in [-0.25, -0.2) is 0 Å². The second-order valence-corrected chi connectivity index (χ2v) is 10.9. The normalized spacial score (nSPS) is 17.8. The van der Waals surface area contributed by atoms with Crippen LogP contribution in [0.1, 0.15) is 35.1 Å². The van der Waals surface area contributed by atoms with Gasteiger partial charge in [-0.05, 0) is 73.8 Å². The van der Waals surface area contributed by atoms with Crippen LogP contribution < -0.4 is 15.9 Å². The van der Waals surface area contributed by atoms with E-state index in [1.807, 2.05) is 12.1 Å². The summed E-state index contributed by atoms with van der Waals surface area (Å²) in [5.74, 6) is 0. The highest BCUT2D eigenvalue weighted by atomic mass is 16.4. The van der Waals surface area contributed by atoms with Gasteiger partial charge in [0.05, 0.1) is 5.41 Å². The van der Waals surface area contributed by atoms with Gasteiger partial charge in [0, 0.05) is 16.3 Å². The van der Waals surface area contributed by atoms with Gasteiger partial charge in [-0.15, -0.1) is 0 Å². The summed E-state index contributed by atoms with van der Waals surface area (Å²) in [6.07, 6.45) is 6.27. The molecule has 1 heterocycles. The third kappa shape index (κ3) is 2.47. The lowest BCUT2D eigenvalue weighted by molar-refractivity contribution is 0.425. The van der Waals surface area contributed by atoms with Crippen molar-refractivity contribution in [1.29, 1.82) is 0 Å². The van der Waals surface area contributed by atoms with E-state index in [0.717, 1.165) is 56.3 Å². The van der Waals surface area contributed by atoms with Crippen LogP contribution in [0.2, 0.25) is 0 Å². The van der Waals surface area contributed by atoms with Crippen LogP contribution in [0.4, 0.5) is 0 Å². The summed E-state index contributed by atoms with van der Waals surface area (Å²) in [6.45, 7) is 0. The van der Waals surface area contributed by atoms with E-state index in [-0.39, 0.29) is 0 Å². The van der Waals surface area contributed by atoms with Crippen LogP contribution in [-0.4, -0.2) is 17.2 Å². The highest BCUT2D eigenvalue weighted by Gasteiger charge is 2.53. The Bertz CT molecular complexity index is 2170. The van der Waals surface area contributed by atoms with Gasteiger partial charge in [0.25, 0.3) is 0 Å². The SMILES string of the molecule is OB(O)c1cc2c(c3c1=CCCC=3)-c1ccccc1C21c2ccccc2-c2c1ccc1c2oc2ccccc21. The van der Waals surface area contributed by atoms with Gasteiger partial charge in [-0.2, -0.15) is 0 Å². The van der Waals surface area contributed by atoms with E-state index in [4.69, 9.17) is 4.42 Å². The lowest BCUT2D eigenvalue weighted by atomic mass is 9.67. The van der Waals surface area contributed by atoms with Crippen LogP contribution in [0, 0.1) is 0 Å². The van der Waals surface area contributed by atoms with Gasteiger partial charge in [0.2, 0.25) is 0 Å². The summed E-state index contributed by atoms with van der Waals surface area (Å²) in [6, 6.07) is 32.1. The molecular formula is C35H23BO3. The highest BCUT2D eigenvalue weighted by Crippen LogP contribution is 2.63. The average molecular weight is 502 g/mol. The number of rotatable bonds is 1. The summed E-state index contributed by atoms with van der Waals surface area (Å²) in [5, 5.41) is 25.4. The summed E-state index contributed by atoms with van der Waals surface area (Å²) in [4.78, 5) is 0. The van der Waals surface area contributed by atoms with Crippen LogP contribution in [0.25, 0.3) is 56.3 Å². The minimum Gasteiger partial charge on any atom is -0.455 e. The molecule has 0 aliphatic heterocycles. The summed E-state index contributed by atoms with van der Waals surface area (Å²) in [5.41, 5.74) is 11.2. The molecule has 6 aromatic rings. The van der Waals surface area contributed by atoms with Crippen molar-refractivity contribution in [2.75, 3.05) is 0 Å². The van der Waals surface area contributed by atoms with Gasteiger partial charge < -0.3 is 14.5 Å². The van der Waals surface area contributed by atoms with Gasteiger partial charge in [-0.1, -0.05) is 97.1 Å². The fourth-order valence-electron chi connectivity index (χ4n) is 7.73. The molecule has 3 nitrogen and oxygen atoms in total. The minimum atomic E-state index is -1.55. The molecule has 3 aliphatic rings. The topological polar surface area (TPSA) is 53.6 Å². The summed E-state index contributed by atoms with van der Waals surface area (Å²) in [7, 11) is -1.55. The standard InChI is InChI=1S/C35H23BO3/c37-36(38)30-19-29-32(22-11-2-1-9-20(22)30)24-12-3-6-14-26(24)35(29)27-15-7-4-13-25(27)33-28(35)18-17-23-21-10-5-8-16-31(21)39-34(23)33/h3-19,37-38H,1-2H2. The molecule has 0 radical (unpaired) electrons. The fourth-order valence-corrected chi connectivity index (χ4v) is 7.73. The predicted octanol–water partition coefficient (Wildman–Crippen LogP) is 4.96. The molecular weight excluding hydrogens is 479 g/mol. The highest BCUT2D eigenvalue weighted by molar-refractivity contribution is 6.58. The molecule has 0 saturated heterocycles. The molecule has 1 unspecified atom stereocenters. The van der Waals surface area contributed by atoms with Gasteiger partial charge >= 0.3 is 7.12 Å². The fraction of sp³-hybridized carbons (Fsp3) is 0.0857. The Hall–Kier alpha value is -4.38. The molecule has 184 valence electrons. The zero-order chi connectivity index (χ0) is 25.9. The predicted molar refractivity (Wildman–Crippen MR) is 157 cm³/mol. The molecule has 0 fully saturated rings. The first kappa shape index (κ1) is 21.5. The first-order valence-corrected chi connectivity index (χ1v) is 13.6. The zero-order valence-corrected chi connectivity index (χ0v) is 21.1. The van der Waals surface area contributed by atoms with Crippen LogP contribution >= 0.6 is 0 Å². The first-order chi connectivity index (χ1) is 19.2. The molecule has 0 saturated carbocycles. The van der Waals surface area contributed by atoms with Gasteiger partial charge in [0.1, 0.15) is 11.2 Å². The number of furan rings is 1. The molecule has 4 heteroatoms. The van der Waals surface area contributed by atoms with Crippen molar-refractivity contribution in [3.8, 4) is 22.3 Å². The van der Waals surface area contributed by atoms with Crippen molar-refractivity contribution in [2.24, 2.45) is 0 Å². The minimum absolute atomic E-state index is 0.572. The maximum Gasteiger partial charge on any atom is 0.489 e. The van der Waals surface area contributed by atoms with Crippen molar-refractivity contribution in [1.82, 2.24) is 0 Å². The maximum absolute atomic E-state index is 10.6. The van der Waals surface area contributed by atoms with E-state index >= 15 is 0 Å². The molecule has 9 rings (SSSR count). The molecule has 1 spiro atoms. The van der Waals surface area contributed by atoms with Crippen molar-refractivity contribution >= 4 is 46.7 Å². The van der Waals surface area contributed by atoms with E-state index in [1.165, 1.54) is 33.4 Å². The van der Waals surface area contributed by atoms with Gasteiger partial charge in [-0.3, -0.25) is 0 Å². The molecule has 1 atom stereocenters. The zero-order valence-electron chi connectivity index (χ0n) is 21.1. The second kappa shape index (κ2) is 7.38. The summed E-state index contributed by atoms with van der Waals surface area (Å²) >= 11 is 0. The summed E-state index contributed by atoms with van der Waals surface area (Å²) < 4.78 is 6.59. The number of hydrogen-bond donors (Lipinski definition) is 2. The van der Waals surface area contributed by atoms with Gasteiger partial charge in [0.15, 0.2) is 0 Å². The number of fused-ring (bicyclic) bond motifs is 16. The third-order valence-corrected chi connectivity index (χ3v) is 9.14. The van der Waals surface area contributed by atoms with E-state index in [1.54, 1.807) is 0 Å². The van der Waals surface area contributed by atoms with Crippen LogP contribution in [-0.2, 0) is 5.41 Å². The number of hydrogen-bond acceptors (Lipinski definition) is 3. The monoisotopic (exact) mass is 502 g/mol. The van der Waals surface area contributed by atoms with Crippen molar-refractivity contribution in [3.63, 3.8) is 0 Å². The molecule has 3 aliphatic carbocycles. The lowest BCUT2D eigenvalue weighted by Crippen LogP contribution is -2.50. The Kier molecular flexibility index (Phi) is 4.08. The Morgan fingerprint density at radius 1 is 0.615 bits per heavy atom. The smallest absolute Gasteiger partial charge is 0.455 e. The Morgan fingerprint density at radius 3 is 2.05 bits per heavy atom. The molecule has 39 heavy (non-hydrogen) atoms.